The molecule has 0 amide bonds. The van der Waals surface area contributed by atoms with Gasteiger partial charge in [0.05, 0.1) is 4.90 Å². The van der Waals surface area contributed by atoms with E-state index < -0.39 is 11.0 Å². The molecule has 0 heterocycles. The van der Waals surface area contributed by atoms with Gasteiger partial charge in [0.15, 0.2) is 0 Å². The summed E-state index contributed by atoms with van der Waals surface area (Å²) < 4.78 is 15.7. The molecule has 0 aliphatic heterocycles. The van der Waals surface area contributed by atoms with Crippen molar-refractivity contribution in [2.75, 3.05) is 6.54 Å². The summed E-state index contributed by atoms with van der Waals surface area (Å²) in [5.41, 5.74) is 7.13. The molecule has 0 aromatic heterocycles. The van der Waals surface area contributed by atoms with Crippen LogP contribution in [-0.2, 0) is 11.0 Å². The van der Waals surface area contributed by atoms with Crippen LogP contribution in [0.3, 0.4) is 0 Å². The Kier molecular flexibility index (Phi) is 14.5. The first-order valence-electron chi connectivity index (χ1n) is 12.9. The molecule has 0 spiro atoms. The fourth-order valence-corrected chi connectivity index (χ4v) is 5.58. The molecule has 2 N–H and O–H groups in total. The third kappa shape index (κ3) is 10.1. The summed E-state index contributed by atoms with van der Waals surface area (Å²) in [5.74, 6) is 0.826. The van der Waals surface area contributed by atoms with Crippen molar-refractivity contribution in [1.29, 1.82) is 0 Å². The summed E-state index contributed by atoms with van der Waals surface area (Å²) in [6.45, 7) is 17.2. The fourth-order valence-electron chi connectivity index (χ4n) is 3.82. The van der Waals surface area contributed by atoms with Crippen LogP contribution in [0.5, 0.6) is 0 Å². The van der Waals surface area contributed by atoms with Gasteiger partial charge in [0.1, 0.15) is 11.0 Å². The second-order valence-corrected chi connectivity index (χ2v) is 10.6. The fraction of sp³-hybridized carbons (Fsp3) is 0.586. The van der Waals surface area contributed by atoms with E-state index >= 15 is 0 Å². The molecule has 4 heteroatoms. The third-order valence-electron chi connectivity index (χ3n) is 5.67. The zero-order valence-electron chi connectivity index (χ0n) is 22.0. The number of hydrogen-bond donors (Lipinski definition) is 1. The molecule has 2 aromatic carbocycles. The summed E-state index contributed by atoms with van der Waals surface area (Å²) in [7, 11) is -1.12. The number of nitrogens with zero attached hydrogens (tertiary/aromatic N) is 1. The predicted molar refractivity (Wildman–Crippen MR) is 148 cm³/mol. The number of hydrogen-bond acceptors (Lipinski definition) is 2. The molecule has 0 radical (unpaired) electrons. The average molecular weight is 473 g/mol. The first-order valence-corrected chi connectivity index (χ1v) is 14.0. The molecule has 1 aliphatic rings. The Morgan fingerprint density at radius 3 is 2.24 bits per heavy atom. The van der Waals surface area contributed by atoms with Gasteiger partial charge in [-0.1, -0.05) is 83.0 Å². The van der Waals surface area contributed by atoms with Gasteiger partial charge in [0, 0.05) is 12.1 Å². The van der Waals surface area contributed by atoms with Crippen LogP contribution in [0.15, 0.2) is 59.5 Å². The van der Waals surface area contributed by atoms with E-state index in [1.165, 1.54) is 18.4 Å². The largest absolute Gasteiger partial charge is 0.330 e. The summed E-state index contributed by atoms with van der Waals surface area (Å²) in [4.78, 5) is 0.938. The minimum atomic E-state index is -1.12. The van der Waals surface area contributed by atoms with Gasteiger partial charge in [-0.2, -0.15) is 0 Å². The van der Waals surface area contributed by atoms with E-state index in [0.29, 0.717) is 18.6 Å². The Morgan fingerprint density at radius 1 is 1.09 bits per heavy atom. The summed E-state index contributed by atoms with van der Waals surface area (Å²) in [6, 6.07) is 15.1. The van der Waals surface area contributed by atoms with E-state index in [0.717, 1.165) is 53.7 Å². The van der Waals surface area contributed by atoms with Gasteiger partial charge in [-0.05, 0) is 74.8 Å². The zero-order chi connectivity index (χ0) is 24.8. The van der Waals surface area contributed by atoms with Crippen molar-refractivity contribution in [2.24, 2.45) is 11.7 Å². The maximum Gasteiger partial charge on any atom is 0.128 e. The molecule has 0 saturated heterocycles. The second-order valence-electron chi connectivity index (χ2n) is 9.23. The van der Waals surface area contributed by atoms with Crippen LogP contribution < -0.4 is 5.73 Å². The van der Waals surface area contributed by atoms with Crippen molar-refractivity contribution in [3.8, 4) is 0 Å². The van der Waals surface area contributed by atoms with E-state index in [1.807, 2.05) is 38.1 Å². The van der Waals surface area contributed by atoms with Crippen molar-refractivity contribution < 1.29 is 4.21 Å². The van der Waals surface area contributed by atoms with Crippen LogP contribution in [0.4, 0.5) is 0 Å². The van der Waals surface area contributed by atoms with Crippen molar-refractivity contribution in [3.63, 3.8) is 0 Å². The smallest absolute Gasteiger partial charge is 0.128 e. The van der Waals surface area contributed by atoms with Crippen LogP contribution in [0.2, 0.25) is 0 Å². The monoisotopic (exact) mass is 472 g/mol. The topological polar surface area (TPSA) is 46.3 Å². The number of rotatable bonds is 11. The molecule has 3 rings (SSSR count). The second kappa shape index (κ2) is 16.2. The van der Waals surface area contributed by atoms with Crippen molar-refractivity contribution in [2.45, 2.75) is 103 Å². The van der Waals surface area contributed by atoms with Gasteiger partial charge in [-0.15, -0.1) is 6.58 Å². The third-order valence-corrected chi connectivity index (χ3v) is 7.38. The van der Waals surface area contributed by atoms with Crippen LogP contribution in [0.1, 0.15) is 86.5 Å². The number of nitrogens with two attached hydrogens (primary N) is 1. The minimum Gasteiger partial charge on any atom is -0.330 e. The number of benzene rings is 2. The SMILES string of the molecule is C=C(C)CCC(C)C.CC.CCCC(CCN)N(C1CC1)S(=O)c1cccc2ccccc12. The molecule has 2 aromatic rings. The zero-order valence-corrected chi connectivity index (χ0v) is 22.8. The Morgan fingerprint density at radius 2 is 1.73 bits per heavy atom. The molecular weight excluding hydrogens is 424 g/mol. The predicted octanol–water partition coefficient (Wildman–Crippen LogP) is 7.87. The summed E-state index contributed by atoms with van der Waals surface area (Å²) in [5, 5.41) is 2.25. The molecule has 2 atom stereocenters. The first-order chi connectivity index (χ1) is 15.9. The maximum absolute atomic E-state index is 13.4. The standard InChI is InChI=1S/C19H26N2OS.C8H16.C2H6/c1-2-6-16(13-14-20)21(17-11-12-17)23(22)19-10-5-8-15-7-3-4-9-18(15)19;1-7(2)5-6-8(3)4;1-2/h3-5,7-10,16-17H,2,6,11-14,20H2,1H3;8H,1,5-6H2,2-4H3;1-2H3. The quantitative estimate of drug-likeness (QED) is 0.338. The lowest BCUT2D eigenvalue weighted by molar-refractivity contribution is 0.297. The molecule has 2 unspecified atom stereocenters. The average Bonchev–Trinajstić information content (AvgIpc) is 3.64. The van der Waals surface area contributed by atoms with Gasteiger partial charge in [-0.25, -0.2) is 8.51 Å². The molecule has 1 saturated carbocycles. The van der Waals surface area contributed by atoms with Crippen LogP contribution >= 0.6 is 0 Å². The van der Waals surface area contributed by atoms with Crippen molar-refractivity contribution in [1.82, 2.24) is 4.31 Å². The molecule has 1 fully saturated rings. The molecule has 3 nitrogen and oxygen atoms in total. The van der Waals surface area contributed by atoms with E-state index in [1.54, 1.807) is 0 Å². The van der Waals surface area contributed by atoms with E-state index in [9.17, 15) is 4.21 Å². The molecule has 1 aliphatic carbocycles. The highest BCUT2D eigenvalue weighted by molar-refractivity contribution is 7.83. The highest BCUT2D eigenvalue weighted by Crippen LogP contribution is 2.35. The van der Waals surface area contributed by atoms with Crippen LogP contribution in [-0.4, -0.2) is 27.1 Å². The maximum atomic E-state index is 13.4. The van der Waals surface area contributed by atoms with Crippen molar-refractivity contribution >= 4 is 21.8 Å². The van der Waals surface area contributed by atoms with Gasteiger partial charge in [0.2, 0.25) is 0 Å². The molecule has 33 heavy (non-hydrogen) atoms. The number of allylic oxidation sites excluding steroid dienone is 1. The lowest BCUT2D eigenvalue weighted by Gasteiger charge is -2.30. The van der Waals surface area contributed by atoms with Gasteiger partial charge in [0.25, 0.3) is 0 Å². The minimum absolute atomic E-state index is 0.317. The highest BCUT2D eigenvalue weighted by Gasteiger charge is 2.38. The molecule has 0 bridgehead atoms. The Bertz CT molecular complexity index is 833. The molecule has 186 valence electrons. The van der Waals surface area contributed by atoms with Gasteiger partial charge < -0.3 is 5.73 Å². The first kappa shape index (κ1) is 29.5. The summed E-state index contributed by atoms with van der Waals surface area (Å²) >= 11 is 0. The van der Waals surface area contributed by atoms with Crippen LogP contribution in [0, 0.1) is 5.92 Å². The van der Waals surface area contributed by atoms with E-state index in [2.05, 4.69) is 56.8 Å². The summed E-state index contributed by atoms with van der Waals surface area (Å²) in [6.07, 6.45) is 7.86. The Balaban J connectivity index is 0.000000464. The molecular formula is C29H48N2OS. The van der Waals surface area contributed by atoms with E-state index in [-0.39, 0.29) is 0 Å². The lowest BCUT2D eigenvalue weighted by atomic mass is 10.1. The normalized spacial score (nSPS) is 14.8. The van der Waals surface area contributed by atoms with Crippen LogP contribution in [0.25, 0.3) is 10.8 Å². The Hall–Kier alpha value is -1.49. The number of fused-ring (bicyclic) bond motifs is 1. The lowest BCUT2D eigenvalue weighted by Crippen LogP contribution is -2.40. The highest BCUT2D eigenvalue weighted by atomic mass is 32.2. The van der Waals surface area contributed by atoms with E-state index in [4.69, 9.17) is 5.73 Å². The van der Waals surface area contributed by atoms with Gasteiger partial charge in [-0.3, -0.25) is 0 Å². The van der Waals surface area contributed by atoms with Crippen molar-refractivity contribution in [3.05, 3.63) is 54.6 Å². The van der Waals surface area contributed by atoms with Gasteiger partial charge >= 0.3 is 0 Å². The Labute approximate surface area is 206 Å².